The van der Waals surface area contributed by atoms with Crippen LogP contribution in [-0.4, -0.2) is 42.6 Å². The molecule has 1 heterocycles. The third-order valence-corrected chi connectivity index (χ3v) is 4.81. The number of nitrogens with one attached hydrogen (secondary N) is 1. The van der Waals surface area contributed by atoms with Crippen molar-refractivity contribution in [3.05, 3.63) is 35.9 Å². The lowest BCUT2D eigenvalue weighted by Crippen LogP contribution is -2.52. The van der Waals surface area contributed by atoms with Crippen molar-refractivity contribution in [2.75, 3.05) is 31.6 Å². The fourth-order valence-electron chi connectivity index (χ4n) is 3.09. The van der Waals surface area contributed by atoms with Crippen LogP contribution in [0.25, 0.3) is 0 Å². The van der Waals surface area contributed by atoms with Crippen LogP contribution in [-0.2, 0) is 0 Å². The Labute approximate surface area is 128 Å². The Balaban J connectivity index is 2.00. The van der Waals surface area contributed by atoms with Crippen LogP contribution in [0.4, 0.5) is 0 Å². The fraction of sp³-hybridized carbons (Fsp3) is 0.647. The lowest BCUT2D eigenvalue weighted by atomic mass is 9.99. The Hall–Kier alpha value is -0.510. The minimum Gasteiger partial charge on any atom is -0.311 e. The summed E-state index contributed by atoms with van der Waals surface area (Å²) >= 11 is 1.96. The number of hydrogen-bond donors (Lipinski definition) is 1. The van der Waals surface area contributed by atoms with E-state index in [2.05, 4.69) is 53.7 Å². The van der Waals surface area contributed by atoms with Gasteiger partial charge in [-0.25, -0.2) is 0 Å². The van der Waals surface area contributed by atoms with Crippen LogP contribution in [0.2, 0.25) is 0 Å². The number of thioether (sulfide) groups is 1. The zero-order valence-corrected chi connectivity index (χ0v) is 13.7. The maximum atomic E-state index is 3.74. The van der Waals surface area contributed by atoms with Crippen LogP contribution < -0.4 is 5.32 Å². The molecular formula is C17H28N2S. The topological polar surface area (TPSA) is 15.3 Å². The molecule has 1 aromatic rings. The predicted molar refractivity (Wildman–Crippen MR) is 90.5 cm³/mol. The van der Waals surface area contributed by atoms with Gasteiger partial charge in [0.25, 0.3) is 0 Å². The molecule has 0 amide bonds. The second kappa shape index (κ2) is 8.71. The summed E-state index contributed by atoms with van der Waals surface area (Å²) in [5.74, 6) is 1.27. The Kier molecular flexibility index (Phi) is 6.91. The van der Waals surface area contributed by atoms with Crippen LogP contribution >= 0.6 is 11.8 Å². The molecule has 112 valence electrons. The summed E-state index contributed by atoms with van der Waals surface area (Å²) in [5.41, 5.74) is 1.46. The van der Waals surface area contributed by atoms with E-state index in [1.54, 1.807) is 0 Å². The number of piperazine rings is 1. The van der Waals surface area contributed by atoms with Crippen molar-refractivity contribution in [1.82, 2.24) is 10.2 Å². The SMILES string of the molecule is CCCC1CN(CCCSC)C(c2ccccc2)CN1. The summed E-state index contributed by atoms with van der Waals surface area (Å²) in [6, 6.07) is 12.2. The quantitative estimate of drug-likeness (QED) is 0.774. The molecule has 1 saturated heterocycles. The molecule has 0 aromatic heterocycles. The minimum atomic E-state index is 0.547. The summed E-state index contributed by atoms with van der Waals surface area (Å²) in [6.07, 6.45) is 6.06. The van der Waals surface area contributed by atoms with E-state index in [9.17, 15) is 0 Å². The van der Waals surface area contributed by atoms with Crippen molar-refractivity contribution in [2.45, 2.75) is 38.3 Å². The monoisotopic (exact) mass is 292 g/mol. The molecule has 0 spiro atoms. The molecule has 0 bridgehead atoms. The van der Waals surface area contributed by atoms with Crippen molar-refractivity contribution in [2.24, 2.45) is 0 Å². The van der Waals surface area contributed by atoms with Gasteiger partial charge in [0, 0.05) is 25.2 Å². The summed E-state index contributed by atoms with van der Waals surface area (Å²) in [7, 11) is 0. The highest BCUT2D eigenvalue weighted by Crippen LogP contribution is 2.24. The minimum absolute atomic E-state index is 0.547. The maximum absolute atomic E-state index is 3.74. The molecule has 1 aromatic carbocycles. The predicted octanol–water partition coefficient (Wildman–Crippen LogP) is 3.55. The molecular weight excluding hydrogens is 264 g/mol. The molecule has 0 aliphatic carbocycles. The van der Waals surface area contributed by atoms with Gasteiger partial charge >= 0.3 is 0 Å². The van der Waals surface area contributed by atoms with Crippen LogP contribution in [0.3, 0.4) is 0 Å². The van der Waals surface area contributed by atoms with E-state index in [0.29, 0.717) is 12.1 Å². The van der Waals surface area contributed by atoms with E-state index in [-0.39, 0.29) is 0 Å². The molecule has 2 nitrogen and oxygen atoms in total. The fourth-order valence-corrected chi connectivity index (χ4v) is 3.50. The number of hydrogen-bond acceptors (Lipinski definition) is 3. The van der Waals surface area contributed by atoms with Gasteiger partial charge in [-0.05, 0) is 37.0 Å². The third-order valence-electron chi connectivity index (χ3n) is 4.11. The first-order valence-corrected chi connectivity index (χ1v) is 9.25. The van der Waals surface area contributed by atoms with E-state index in [0.717, 1.165) is 6.54 Å². The summed E-state index contributed by atoms with van der Waals surface area (Å²) in [6.45, 7) is 5.79. The first-order valence-electron chi connectivity index (χ1n) is 7.86. The van der Waals surface area contributed by atoms with Crippen LogP contribution in [0, 0.1) is 0 Å². The molecule has 2 rings (SSSR count). The molecule has 0 saturated carbocycles. The molecule has 0 radical (unpaired) electrons. The lowest BCUT2D eigenvalue weighted by molar-refractivity contribution is 0.127. The summed E-state index contributed by atoms with van der Waals surface area (Å²) in [4.78, 5) is 2.70. The maximum Gasteiger partial charge on any atom is 0.0473 e. The highest BCUT2D eigenvalue weighted by molar-refractivity contribution is 7.98. The first-order chi connectivity index (χ1) is 9.85. The average Bonchev–Trinajstić information content (AvgIpc) is 2.49. The standard InChI is InChI=1S/C17H28N2S/c1-3-8-16-14-19(11-7-12-20-2)17(13-18-16)15-9-5-4-6-10-15/h4-6,9-10,16-18H,3,7-8,11-14H2,1-2H3. The van der Waals surface area contributed by atoms with E-state index >= 15 is 0 Å². The Morgan fingerprint density at radius 2 is 2.10 bits per heavy atom. The van der Waals surface area contributed by atoms with E-state index < -0.39 is 0 Å². The molecule has 2 atom stereocenters. The molecule has 1 aliphatic rings. The van der Waals surface area contributed by atoms with E-state index in [1.807, 2.05) is 11.8 Å². The van der Waals surface area contributed by atoms with Gasteiger partial charge in [-0.2, -0.15) is 11.8 Å². The van der Waals surface area contributed by atoms with Crippen molar-refractivity contribution in [3.63, 3.8) is 0 Å². The smallest absolute Gasteiger partial charge is 0.0473 e. The van der Waals surface area contributed by atoms with Gasteiger partial charge in [0.2, 0.25) is 0 Å². The van der Waals surface area contributed by atoms with Gasteiger partial charge in [-0.1, -0.05) is 43.7 Å². The molecule has 1 aliphatic heterocycles. The van der Waals surface area contributed by atoms with Crippen LogP contribution in [0.1, 0.15) is 37.8 Å². The number of benzene rings is 1. The Morgan fingerprint density at radius 3 is 2.80 bits per heavy atom. The Morgan fingerprint density at radius 1 is 1.30 bits per heavy atom. The van der Waals surface area contributed by atoms with Gasteiger partial charge in [-0.15, -0.1) is 0 Å². The van der Waals surface area contributed by atoms with Crippen molar-refractivity contribution in [1.29, 1.82) is 0 Å². The molecule has 20 heavy (non-hydrogen) atoms. The number of nitrogens with zero attached hydrogens (tertiary/aromatic N) is 1. The van der Waals surface area contributed by atoms with Gasteiger partial charge in [0.15, 0.2) is 0 Å². The van der Waals surface area contributed by atoms with E-state index in [1.165, 1.54) is 43.7 Å². The zero-order valence-electron chi connectivity index (χ0n) is 12.8. The van der Waals surface area contributed by atoms with Crippen LogP contribution in [0.15, 0.2) is 30.3 Å². The van der Waals surface area contributed by atoms with Crippen LogP contribution in [0.5, 0.6) is 0 Å². The lowest BCUT2D eigenvalue weighted by Gasteiger charge is -2.41. The van der Waals surface area contributed by atoms with E-state index in [4.69, 9.17) is 0 Å². The van der Waals surface area contributed by atoms with Crippen molar-refractivity contribution >= 4 is 11.8 Å². The Bertz CT molecular complexity index is 369. The zero-order chi connectivity index (χ0) is 14.2. The molecule has 3 heteroatoms. The van der Waals surface area contributed by atoms with Gasteiger partial charge in [0.1, 0.15) is 0 Å². The normalized spacial score (nSPS) is 23.9. The van der Waals surface area contributed by atoms with Crippen molar-refractivity contribution < 1.29 is 0 Å². The largest absolute Gasteiger partial charge is 0.311 e. The second-order valence-electron chi connectivity index (χ2n) is 5.66. The summed E-state index contributed by atoms with van der Waals surface area (Å²) < 4.78 is 0. The third kappa shape index (κ3) is 4.51. The summed E-state index contributed by atoms with van der Waals surface area (Å²) in [5, 5.41) is 3.74. The van der Waals surface area contributed by atoms with Gasteiger partial charge in [0.05, 0.1) is 0 Å². The molecule has 1 fully saturated rings. The first kappa shape index (κ1) is 15.9. The molecule has 2 unspecified atom stereocenters. The van der Waals surface area contributed by atoms with Crippen molar-refractivity contribution in [3.8, 4) is 0 Å². The second-order valence-corrected chi connectivity index (χ2v) is 6.65. The number of rotatable bonds is 7. The highest BCUT2D eigenvalue weighted by Gasteiger charge is 2.27. The highest BCUT2D eigenvalue weighted by atomic mass is 32.2. The van der Waals surface area contributed by atoms with Gasteiger partial charge in [-0.3, -0.25) is 4.90 Å². The average molecular weight is 292 g/mol. The van der Waals surface area contributed by atoms with Gasteiger partial charge < -0.3 is 5.32 Å². The molecule has 1 N–H and O–H groups in total.